The van der Waals surface area contributed by atoms with Crippen molar-refractivity contribution < 1.29 is 14.7 Å². The van der Waals surface area contributed by atoms with Crippen LogP contribution in [0.3, 0.4) is 0 Å². The van der Waals surface area contributed by atoms with Gasteiger partial charge in [-0.25, -0.2) is 4.98 Å². The Balaban J connectivity index is 1.28. The van der Waals surface area contributed by atoms with Crippen LogP contribution in [0.4, 0.5) is 5.13 Å². The molecule has 1 N–H and O–H groups in total. The summed E-state index contributed by atoms with van der Waals surface area (Å²) in [6, 6.07) is 26.6. The number of amides is 1. The lowest BCUT2D eigenvalue weighted by molar-refractivity contribution is -0.132. The van der Waals surface area contributed by atoms with Crippen molar-refractivity contribution in [3.05, 3.63) is 125 Å². The van der Waals surface area contributed by atoms with Gasteiger partial charge in [-0.15, -0.1) is 10.2 Å². The molecule has 7 rings (SSSR count). The first-order valence-corrected chi connectivity index (χ1v) is 15.5. The molecule has 0 spiro atoms. The van der Waals surface area contributed by atoms with E-state index >= 15 is 0 Å². The summed E-state index contributed by atoms with van der Waals surface area (Å²) in [6.07, 6.45) is 1.85. The molecule has 8 nitrogen and oxygen atoms in total. The number of ketones is 1. The summed E-state index contributed by atoms with van der Waals surface area (Å²) >= 11 is 2.77. The molecule has 0 aliphatic carbocycles. The zero-order chi connectivity index (χ0) is 29.7. The van der Waals surface area contributed by atoms with E-state index in [2.05, 4.69) is 39.4 Å². The van der Waals surface area contributed by atoms with E-state index in [0.717, 1.165) is 5.56 Å². The Morgan fingerprint density at radius 3 is 2.51 bits per heavy atom. The van der Waals surface area contributed by atoms with Gasteiger partial charge < -0.3 is 9.51 Å². The largest absolute Gasteiger partial charge is 0.505 e. The first-order chi connectivity index (χ1) is 20.9. The van der Waals surface area contributed by atoms with Gasteiger partial charge in [0.05, 0.1) is 17.3 Å². The van der Waals surface area contributed by atoms with Gasteiger partial charge in [-0.05, 0) is 47.4 Å². The fourth-order valence-electron chi connectivity index (χ4n) is 5.57. The molecular weight excluding hydrogens is 579 g/mol. The molecule has 1 fully saturated rings. The van der Waals surface area contributed by atoms with E-state index in [1.54, 1.807) is 0 Å². The highest BCUT2D eigenvalue weighted by Gasteiger charge is 2.48. The minimum Gasteiger partial charge on any atom is -0.505 e. The molecule has 3 aromatic heterocycles. The number of fused-ring (bicyclic) bond motifs is 2. The molecule has 3 aromatic carbocycles. The molecule has 6 aromatic rings. The van der Waals surface area contributed by atoms with Crippen molar-refractivity contribution in [1.29, 1.82) is 0 Å². The van der Waals surface area contributed by atoms with Crippen LogP contribution in [0.15, 0.2) is 101 Å². The zero-order valence-corrected chi connectivity index (χ0v) is 24.9. The number of pyridine rings is 1. The monoisotopic (exact) mass is 603 g/mol. The quantitative estimate of drug-likeness (QED) is 0.0729. The number of hydrogen-bond donors (Lipinski definition) is 1. The average Bonchev–Trinajstić information content (AvgIpc) is 3.71. The van der Waals surface area contributed by atoms with E-state index < -0.39 is 17.7 Å². The van der Waals surface area contributed by atoms with E-state index in [-0.39, 0.29) is 22.2 Å². The van der Waals surface area contributed by atoms with Crippen molar-refractivity contribution in [2.45, 2.75) is 30.0 Å². The normalized spacial score (nSPS) is 16.5. The number of imidazole rings is 1. The van der Waals surface area contributed by atoms with Gasteiger partial charge in [0.2, 0.25) is 5.13 Å². The van der Waals surface area contributed by atoms with Crippen molar-refractivity contribution in [2.24, 2.45) is 0 Å². The van der Waals surface area contributed by atoms with Gasteiger partial charge in [-0.3, -0.25) is 14.5 Å². The van der Waals surface area contributed by atoms with Crippen molar-refractivity contribution in [2.75, 3.05) is 4.90 Å². The van der Waals surface area contributed by atoms with Gasteiger partial charge in [0.15, 0.2) is 10.1 Å². The van der Waals surface area contributed by atoms with Gasteiger partial charge in [-0.2, -0.15) is 0 Å². The van der Waals surface area contributed by atoms with E-state index in [1.165, 1.54) is 44.3 Å². The predicted octanol–water partition coefficient (Wildman–Crippen LogP) is 6.87. The first kappa shape index (κ1) is 27.1. The van der Waals surface area contributed by atoms with E-state index in [0.29, 0.717) is 27.0 Å². The van der Waals surface area contributed by atoms with Crippen molar-refractivity contribution in [3.63, 3.8) is 0 Å². The molecule has 212 valence electrons. The number of carbonyl (C=O) groups is 2. The van der Waals surface area contributed by atoms with Crippen LogP contribution in [0.25, 0.3) is 22.2 Å². The summed E-state index contributed by atoms with van der Waals surface area (Å²) in [5.74, 6) is -1.21. The van der Waals surface area contributed by atoms with Crippen LogP contribution in [-0.2, 0) is 15.3 Å². The highest BCUT2D eigenvalue weighted by atomic mass is 32.2. The standard InChI is InChI=1S/C33H25N5O3S2/c1-19-10-9-17-37-20(2)26(34-30(19)37)28(39)25-27(22-12-4-3-5-13-22)38(31(41)29(25)40)32-35-36-33(43-32)42-18-23-15-8-14-21-11-6-7-16-24(21)23/h3-17,27,39H,18H2,1-2H3. The number of thioether (sulfide) groups is 1. The van der Waals surface area contributed by atoms with E-state index in [9.17, 15) is 14.7 Å². The minimum absolute atomic E-state index is 0.0273. The Morgan fingerprint density at radius 2 is 1.70 bits per heavy atom. The number of benzene rings is 3. The van der Waals surface area contributed by atoms with Crippen LogP contribution in [-0.4, -0.2) is 36.4 Å². The van der Waals surface area contributed by atoms with Crippen LogP contribution in [0.5, 0.6) is 0 Å². The summed E-state index contributed by atoms with van der Waals surface area (Å²) in [6.45, 7) is 3.76. The molecule has 1 aliphatic rings. The highest BCUT2D eigenvalue weighted by molar-refractivity contribution is 8.00. The van der Waals surface area contributed by atoms with Gasteiger partial charge in [0.25, 0.3) is 5.78 Å². The van der Waals surface area contributed by atoms with Crippen LogP contribution in [0.1, 0.15) is 34.1 Å². The zero-order valence-electron chi connectivity index (χ0n) is 23.3. The molecule has 0 radical (unpaired) electrons. The Labute approximate surface area is 255 Å². The fourth-order valence-corrected chi connectivity index (χ4v) is 7.44. The number of aromatic nitrogens is 4. The second-order valence-electron chi connectivity index (χ2n) is 10.3. The van der Waals surface area contributed by atoms with Crippen LogP contribution >= 0.6 is 23.1 Å². The number of aliphatic hydroxyl groups excluding tert-OH is 1. The highest BCUT2D eigenvalue weighted by Crippen LogP contribution is 2.44. The lowest BCUT2D eigenvalue weighted by atomic mass is 9.96. The number of aryl methyl sites for hydroxylation is 2. The number of anilines is 1. The number of carbonyl (C=O) groups excluding carboxylic acids is 2. The maximum absolute atomic E-state index is 13.6. The van der Waals surface area contributed by atoms with Crippen LogP contribution in [0.2, 0.25) is 0 Å². The molecule has 1 saturated heterocycles. The molecule has 4 heterocycles. The summed E-state index contributed by atoms with van der Waals surface area (Å²) < 4.78 is 2.53. The number of Topliss-reactive ketones (excluding diaryl/α,β-unsaturated/α-hetero) is 1. The first-order valence-electron chi connectivity index (χ1n) is 13.7. The Kier molecular flexibility index (Phi) is 6.79. The smallest absolute Gasteiger partial charge is 0.301 e. The maximum atomic E-state index is 13.6. The van der Waals surface area contributed by atoms with Crippen molar-refractivity contribution in [3.8, 4) is 0 Å². The average molecular weight is 604 g/mol. The topological polar surface area (TPSA) is 101 Å². The van der Waals surface area contributed by atoms with Crippen molar-refractivity contribution >= 4 is 62.1 Å². The molecule has 1 amide bonds. The van der Waals surface area contributed by atoms with Crippen molar-refractivity contribution in [1.82, 2.24) is 19.6 Å². The second-order valence-corrected chi connectivity index (χ2v) is 12.5. The fraction of sp³-hybridized carbons (Fsp3) is 0.121. The van der Waals surface area contributed by atoms with Gasteiger partial charge in [0, 0.05) is 11.9 Å². The SMILES string of the molecule is Cc1cccn2c(C)c(C(O)=C3C(=O)C(=O)N(c4nnc(SCc5cccc6ccccc56)s4)C3c3ccccc3)nc12. The van der Waals surface area contributed by atoms with Gasteiger partial charge in [-0.1, -0.05) is 102 Å². The Morgan fingerprint density at radius 1 is 0.930 bits per heavy atom. The molecule has 0 bridgehead atoms. The minimum atomic E-state index is -0.893. The second kappa shape index (κ2) is 10.8. The number of rotatable bonds is 6. The third-order valence-electron chi connectivity index (χ3n) is 7.70. The van der Waals surface area contributed by atoms with E-state index in [1.807, 2.05) is 85.1 Å². The molecule has 1 unspecified atom stereocenters. The van der Waals surface area contributed by atoms with Crippen LogP contribution < -0.4 is 4.90 Å². The van der Waals surface area contributed by atoms with Crippen LogP contribution in [0, 0.1) is 13.8 Å². The Bertz CT molecular complexity index is 2080. The third kappa shape index (κ3) is 4.59. The maximum Gasteiger partial charge on any atom is 0.301 e. The molecule has 1 aliphatic heterocycles. The van der Waals surface area contributed by atoms with Gasteiger partial charge >= 0.3 is 5.91 Å². The summed E-state index contributed by atoms with van der Waals surface area (Å²) in [7, 11) is 0. The molecule has 10 heteroatoms. The summed E-state index contributed by atoms with van der Waals surface area (Å²) in [5, 5.41) is 23.0. The lowest BCUT2D eigenvalue weighted by Crippen LogP contribution is -2.29. The molecule has 43 heavy (non-hydrogen) atoms. The Hall–Kier alpha value is -4.80. The molecular formula is C33H25N5O3S2. The molecule has 0 saturated carbocycles. The van der Waals surface area contributed by atoms with E-state index in [4.69, 9.17) is 0 Å². The van der Waals surface area contributed by atoms with Gasteiger partial charge in [0.1, 0.15) is 11.3 Å². The summed E-state index contributed by atoms with van der Waals surface area (Å²) in [4.78, 5) is 33.3. The third-order valence-corrected chi connectivity index (χ3v) is 9.81. The summed E-state index contributed by atoms with van der Waals surface area (Å²) in [5.41, 5.74) is 4.33. The molecule has 1 atom stereocenters. The number of aliphatic hydroxyl groups is 1. The lowest BCUT2D eigenvalue weighted by Gasteiger charge is -2.22. The number of hydrogen-bond acceptors (Lipinski definition) is 8. The number of nitrogens with zero attached hydrogens (tertiary/aromatic N) is 5. The predicted molar refractivity (Wildman–Crippen MR) is 169 cm³/mol.